The van der Waals surface area contributed by atoms with Gasteiger partial charge in [-0.05, 0) is 24.0 Å². The fourth-order valence-electron chi connectivity index (χ4n) is 5.61. The summed E-state index contributed by atoms with van der Waals surface area (Å²) in [6.45, 7) is 2.24. The van der Waals surface area contributed by atoms with Crippen LogP contribution in [0.15, 0.2) is 137 Å². The van der Waals surface area contributed by atoms with Crippen LogP contribution >= 0.6 is 0 Å². The van der Waals surface area contributed by atoms with Gasteiger partial charge >= 0.3 is 160 Å². The zero-order chi connectivity index (χ0) is 26.4. The third-order valence-electron chi connectivity index (χ3n) is 7.55. The molecule has 1 atom stereocenters. The van der Waals surface area contributed by atoms with Crippen molar-refractivity contribution in [2.75, 3.05) is 0 Å². The fourth-order valence-corrected chi connectivity index (χ4v) is 9.48. The van der Waals surface area contributed by atoms with E-state index in [2.05, 4.69) is 151 Å². The van der Waals surface area contributed by atoms with E-state index in [1.54, 1.807) is 3.28 Å². The number of allylic oxidation sites excluding steroid dienone is 5. The molecule has 2 aliphatic carbocycles. The van der Waals surface area contributed by atoms with Crippen molar-refractivity contribution in [2.45, 2.75) is 29.8 Å². The second-order valence-electron chi connectivity index (χ2n) is 10.3. The largest absolute Gasteiger partial charge is 0.0622 e. The number of nitrogens with zero attached hydrogens (tertiary/aromatic N) is 1. The van der Waals surface area contributed by atoms with Crippen LogP contribution in [0.3, 0.4) is 0 Å². The Morgan fingerprint density at radius 1 is 0.744 bits per heavy atom. The van der Waals surface area contributed by atoms with Crippen molar-refractivity contribution in [1.82, 2.24) is 4.57 Å². The van der Waals surface area contributed by atoms with E-state index in [0.29, 0.717) is 3.63 Å². The van der Waals surface area contributed by atoms with Crippen LogP contribution in [0.25, 0.3) is 22.7 Å². The number of hydrogen-bond acceptors (Lipinski definition) is 0. The summed E-state index contributed by atoms with van der Waals surface area (Å²) >= 11 is -0.720. The molecule has 0 radical (unpaired) electrons. The van der Waals surface area contributed by atoms with Crippen molar-refractivity contribution in [3.05, 3.63) is 165 Å². The number of fused-ring (bicyclic) bond motifs is 2. The van der Waals surface area contributed by atoms with Gasteiger partial charge in [0.15, 0.2) is 0 Å². The summed E-state index contributed by atoms with van der Waals surface area (Å²) in [5.74, 6) is 0. The molecular formula is C37H33NZr. The standard InChI is InChI=1S/C18H14N.C14H14.C5H5.Zr/c1-13-10-16-8-4-5-9-18(16)19(13)17-11-14-6-2-3-7-15(14)12-17;1-3-7-13(8-4-1)11-12-14-9-5-2-6-10-14;1-2-4-5-3-1;/h2-12H,1H3;1-10H,11-12H2;1-3H,4H2;. The third kappa shape index (κ3) is 5.92. The fraction of sp³-hybridized carbons (Fsp3) is 0.135. The van der Waals surface area contributed by atoms with Crippen molar-refractivity contribution < 1.29 is 23.2 Å². The molecule has 0 amide bonds. The number of benzene rings is 4. The number of rotatable bonds is 6. The van der Waals surface area contributed by atoms with Crippen molar-refractivity contribution in [2.24, 2.45) is 0 Å². The summed E-state index contributed by atoms with van der Waals surface area (Å²) < 4.78 is 4.80. The van der Waals surface area contributed by atoms with E-state index in [0.717, 1.165) is 12.8 Å². The molecule has 39 heavy (non-hydrogen) atoms. The van der Waals surface area contributed by atoms with Crippen LogP contribution in [0.1, 0.15) is 38.0 Å². The molecule has 1 aromatic heterocycles. The molecule has 0 N–H and O–H groups in total. The summed E-state index contributed by atoms with van der Waals surface area (Å²) in [5, 5.41) is 1.34. The molecule has 2 aliphatic rings. The van der Waals surface area contributed by atoms with E-state index in [-0.39, 0.29) is 0 Å². The average Bonchev–Trinajstić information content (AvgIpc) is 3.71. The summed E-state index contributed by atoms with van der Waals surface area (Å²) in [6.07, 6.45) is 12.8. The first kappa shape index (κ1) is 25.8. The Hall–Kier alpha value is -3.48. The topological polar surface area (TPSA) is 4.93 Å². The van der Waals surface area contributed by atoms with Gasteiger partial charge in [0.05, 0.1) is 0 Å². The molecule has 190 valence electrons. The van der Waals surface area contributed by atoms with Gasteiger partial charge in [-0.2, -0.15) is 0 Å². The Balaban J connectivity index is 0.000000168. The van der Waals surface area contributed by atoms with Crippen LogP contribution in [-0.4, -0.2) is 4.57 Å². The maximum atomic E-state index is 2.50. The maximum absolute atomic E-state index is 2.50. The molecule has 1 nitrogen and oxygen atoms in total. The van der Waals surface area contributed by atoms with Crippen LogP contribution in [0.2, 0.25) is 0 Å². The molecule has 2 heteroatoms. The average molecular weight is 583 g/mol. The van der Waals surface area contributed by atoms with E-state index < -0.39 is 23.2 Å². The quantitative estimate of drug-likeness (QED) is 0.188. The second-order valence-corrected chi connectivity index (χ2v) is 14.0. The molecule has 1 unspecified atom stereocenters. The van der Waals surface area contributed by atoms with E-state index in [9.17, 15) is 0 Å². The Morgan fingerprint density at radius 2 is 1.38 bits per heavy atom. The molecule has 7 rings (SSSR count). The van der Waals surface area contributed by atoms with E-state index >= 15 is 0 Å². The second kappa shape index (κ2) is 12.1. The first-order valence-electron chi connectivity index (χ1n) is 13.8. The molecule has 5 aromatic rings. The van der Waals surface area contributed by atoms with Crippen LogP contribution in [0, 0.1) is 6.92 Å². The minimum atomic E-state index is -0.720. The van der Waals surface area contributed by atoms with Crippen LogP contribution in [-0.2, 0) is 36.1 Å². The monoisotopic (exact) mass is 581 g/mol. The van der Waals surface area contributed by atoms with E-state index in [4.69, 9.17) is 0 Å². The normalized spacial score (nSPS) is 15.4. The molecule has 0 spiro atoms. The minimum Gasteiger partial charge on any atom is -0.0622 e. The van der Waals surface area contributed by atoms with E-state index in [1.165, 1.54) is 51.0 Å². The Morgan fingerprint density at radius 3 is 2.08 bits per heavy atom. The molecule has 0 saturated carbocycles. The van der Waals surface area contributed by atoms with Gasteiger partial charge in [-0.25, -0.2) is 0 Å². The van der Waals surface area contributed by atoms with Gasteiger partial charge in [-0.1, -0.05) is 60.7 Å². The molecule has 0 aliphatic heterocycles. The van der Waals surface area contributed by atoms with Gasteiger partial charge in [-0.3, -0.25) is 0 Å². The molecule has 0 bridgehead atoms. The van der Waals surface area contributed by atoms with Crippen molar-refractivity contribution in [3.8, 4) is 0 Å². The number of aromatic nitrogens is 1. The van der Waals surface area contributed by atoms with Crippen LogP contribution < -0.4 is 0 Å². The number of hydrogen-bond donors (Lipinski definition) is 0. The molecule has 0 fully saturated rings. The van der Waals surface area contributed by atoms with Gasteiger partial charge in [0.1, 0.15) is 0 Å². The third-order valence-corrected chi connectivity index (χ3v) is 11.6. The van der Waals surface area contributed by atoms with Gasteiger partial charge < -0.3 is 0 Å². The smallest absolute Gasteiger partial charge is 0.0238 e. The first-order valence-corrected chi connectivity index (χ1v) is 16.5. The Labute approximate surface area is 243 Å². The molecule has 1 heterocycles. The van der Waals surface area contributed by atoms with Gasteiger partial charge in [0.2, 0.25) is 0 Å². The van der Waals surface area contributed by atoms with Crippen LogP contribution in [0.5, 0.6) is 0 Å². The maximum Gasteiger partial charge on any atom is -0.0238 e. The van der Waals surface area contributed by atoms with Gasteiger partial charge in [-0.15, -0.1) is 0 Å². The van der Waals surface area contributed by atoms with Crippen molar-refractivity contribution >= 4 is 22.7 Å². The Bertz CT molecular complexity index is 1610. The van der Waals surface area contributed by atoms with Crippen LogP contribution in [0.4, 0.5) is 0 Å². The predicted octanol–water partition coefficient (Wildman–Crippen LogP) is 9.40. The SMILES string of the molecule is Cc1cc2ccccc2n1C1=Cc2ccccc2[CH]1[Zr][C]1=CC=CC1.c1ccc(CCc2ccccc2)cc1. The number of aryl methyl sites for hydroxylation is 3. The summed E-state index contributed by atoms with van der Waals surface area (Å²) in [5.41, 5.74) is 9.93. The zero-order valence-electron chi connectivity index (χ0n) is 22.4. The van der Waals surface area contributed by atoms with Gasteiger partial charge in [0.25, 0.3) is 0 Å². The predicted molar refractivity (Wildman–Crippen MR) is 162 cm³/mol. The van der Waals surface area contributed by atoms with Crippen molar-refractivity contribution in [1.29, 1.82) is 0 Å². The first-order chi connectivity index (χ1) is 19.3. The minimum absolute atomic E-state index is 0.598. The van der Waals surface area contributed by atoms with Crippen molar-refractivity contribution in [3.63, 3.8) is 0 Å². The van der Waals surface area contributed by atoms with Gasteiger partial charge in [0, 0.05) is 0 Å². The zero-order valence-corrected chi connectivity index (χ0v) is 24.9. The summed E-state index contributed by atoms with van der Waals surface area (Å²) in [6, 6.07) is 41.3. The summed E-state index contributed by atoms with van der Waals surface area (Å²) in [4.78, 5) is 0. The number of para-hydroxylation sites is 1. The summed E-state index contributed by atoms with van der Waals surface area (Å²) in [7, 11) is 0. The Kier molecular flexibility index (Phi) is 8.03. The molecule has 0 saturated heterocycles. The molecule has 4 aromatic carbocycles. The molecular weight excluding hydrogens is 550 g/mol. The van der Waals surface area contributed by atoms with E-state index in [1.807, 2.05) is 0 Å².